The SMILES string of the molecule is [2H]C([2H])([2H])C([2H])(C)c1cccc2c1C(C)(C)c1c-2ccc(C)c1-c1cccc[n+]1C. The molecule has 26 heavy (non-hydrogen) atoms. The molecule has 1 unspecified atom stereocenters. The zero-order chi connectivity index (χ0) is 22.1. The van der Waals surface area contributed by atoms with E-state index < -0.39 is 18.2 Å². The fraction of sp³-hybridized carbons (Fsp3) is 0.320. The summed E-state index contributed by atoms with van der Waals surface area (Å²) >= 11 is 0. The molecule has 4 rings (SSSR count). The van der Waals surface area contributed by atoms with Crippen LogP contribution < -0.4 is 4.57 Å². The van der Waals surface area contributed by atoms with Gasteiger partial charge in [0, 0.05) is 23.0 Å². The van der Waals surface area contributed by atoms with E-state index >= 15 is 0 Å². The van der Waals surface area contributed by atoms with E-state index in [2.05, 4.69) is 49.6 Å². The van der Waals surface area contributed by atoms with Crippen molar-refractivity contribution in [1.82, 2.24) is 0 Å². The molecule has 1 heteroatoms. The van der Waals surface area contributed by atoms with Crippen molar-refractivity contribution in [2.75, 3.05) is 0 Å². The van der Waals surface area contributed by atoms with Crippen molar-refractivity contribution in [3.63, 3.8) is 0 Å². The molecule has 0 spiro atoms. The summed E-state index contributed by atoms with van der Waals surface area (Å²) in [7, 11) is 2.05. The average Bonchev–Trinajstić information content (AvgIpc) is 2.89. The van der Waals surface area contributed by atoms with Gasteiger partial charge in [-0.3, -0.25) is 0 Å². The number of rotatable bonds is 2. The average molecular weight is 347 g/mol. The highest BCUT2D eigenvalue weighted by Gasteiger charge is 2.41. The molecule has 2 aromatic carbocycles. The standard InChI is InChI=1S/C25H28N/c1-16(2)18-10-9-11-19-20-14-13-17(3)22(21-12-7-8-15-26(21)6)24(20)25(4,5)23(18)19/h7-16H,1-6H3/q+1/i1D3,16D. The number of pyridine rings is 1. The number of benzene rings is 2. The van der Waals surface area contributed by atoms with Crippen LogP contribution in [0.3, 0.4) is 0 Å². The van der Waals surface area contributed by atoms with Gasteiger partial charge in [-0.25, -0.2) is 4.57 Å². The minimum Gasteiger partial charge on any atom is -0.201 e. The fourth-order valence-electron chi connectivity index (χ4n) is 4.58. The molecule has 0 radical (unpaired) electrons. The Morgan fingerprint density at radius 2 is 1.77 bits per heavy atom. The van der Waals surface area contributed by atoms with Crippen LogP contribution >= 0.6 is 0 Å². The molecule has 1 aromatic heterocycles. The minimum absolute atomic E-state index is 0.432. The number of fused-ring (bicyclic) bond motifs is 3. The van der Waals surface area contributed by atoms with E-state index in [9.17, 15) is 0 Å². The summed E-state index contributed by atoms with van der Waals surface area (Å²) < 4.78 is 34.9. The number of aromatic nitrogens is 1. The zero-order valence-electron chi connectivity index (χ0n) is 20.1. The van der Waals surface area contributed by atoms with Crippen LogP contribution in [0, 0.1) is 6.92 Å². The van der Waals surface area contributed by atoms with Gasteiger partial charge in [0.2, 0.25) is 5.69 Å². The maximum Gasteiger partial charge on any atom is 0.212 e. The summed E-state index contributed by atoms with van der Waals surface area (Å²) in [5.74, 6) is -1.69. The lowest BCUT2D eigenvalue weighted by Crippen LogP contribution is -2.31. The molecule has 0 fully saturated rings. The van der Waals surface area contributed by atoms with E-state index in [1.165, 1.54) is 23.6 Å². The van der Waals surface area contributed by atoms with Gasteiger partial charge >= 0.3 is 0 Å². The largest absolute Gasteiger partial charge is 0.212 e. The van der Waals surface area contributed by atoms with Crippen LogP contribution in [0.25, 0.3) is 22.4 Å². The van der Waals surface area contributed by atoms with Gasteiger partial charge < -0.3 is 0 Å². The molecule has 1 aliphatic rings. The van der Waals surface area contributed by atoms with Crippen LogP contribution in [-0.2, 0) is 12.5 Å². The first-order chi connectivity index (χ1) is 13.9. The first-order valence-corrected chi connectivity index (χ1v) is 9.12. The topological polar surface area (TPSA) is 3.88 Å². The van der Waals surface area contributed by atoms with Crippen molar-refractivity contribution < 1.29 is 10.1 Å². The van der Waals surface area contributed by atoms with Gasteiger partial charge in [0.05, 0.1) is 5.56 Å². The molecule has 1 atom stereocenters. The monoisotopic (exact) mass is 346 g/mol. The number of hydrogen-bond donors (Lipinski definition) is 0. The van der Waals surface area contributed by atoms with Crippen LogP contribution in [0.4, 0.5) is 0 Å². The third-order valence-electron chi connectivity index (χ3n) is 5.73. The Bertz CT molecular complexity index is 1160. The van der Waals surface area contributed by atoms with Gasteiger partial charge in [0.15, 0.2) is 6.20 Å². The molecule has 0 amide bonds. The molecule has 0 saturated heterocycles. The summed E-state index contributed by atoms with van der Waals surface area (Å²) in [4.78, 5) is 0. The highest BCUT2D eigenvalue weighted by Crippen LogP contribution is 2.54. The van der Waals surface area contributed by atoms with E-state index in [4.69, 9.17) is 5.48 Å². The van der Waals surface area contributed by atoms with Crippen LogP contribution in [-0.4, -0.2) is 0 Å². The summed E-state index contributed by atoms with van der Waals surface area (Å²) in [5.41, 5.74) is 7.97. The third kappa shape index (κ3) is 2.26. The van der Waals surface area contributed by atoms with Crippen molar-refractivity contribution in [3.05, 3.63) is 77.0 Å². The quantitative estimate of drug-likeness (QED) is 0.507. The molecule has 1 nitrogen and oxygen atoms in total. The lowest BCUT2D eigenvalue weighted by atomic mass is 9.75. The first kappa shape index (κ1) is 12.9. The highest BCUT2D eigenvalue weighted by molar-refractivity contribution is 5.89. The molecule has 1 aliphatic carbocycles. The van der Waals surface area contributed by atoms with Crippen LogP contribution in [0.15, 0.2) is 54.7 Å². The second-order valence-electron chi connectivity index (χ2n) is 7.85. The molecule has 132 valence electrons. The molecular formula is C25H28N+. The van der Waals surface area contributed by atoms with Gasteiger partial charge in [0.25, 0.3) is 0 Å². The Morgan fingerprint density at radius 3 is 2.50 bits per heavy atom. The maximum absolute atomic E-state index is 8.80. The molecule has 1 heterocycles. The Balaban J connectivity index is 2.08. The molecular weight excluding hydrogens is 314 g/mol. The van der Waals surface area contributed by atoms with Gasteiger partial charge in [0.1, 0.15) is 7.05 Å². The summed E-state index contributed by atoms with van der Waals surface area (Å²) in [6.07, 6.45) is 2.05. The first-order valence-electron chi connectivity index (χ1n) is 11.1. The van der Waals surface area contributed by atoms with E-state index in [0.717, 1.165) is 22.4 Å². The van der Waals surface area contributed by atoms with Crippen LogP contribution in [0.5, 0.6) is 0 Å². The normalized spacial score (nSPS) is 19.4. The van der Waals surface area contributed by atoms with E-state index in [-0.39, 0.29) is 0 Å². The molecule has 3 aromatic rings. The molecule has 0 N–H and O–H groups in total. The summed E-state index contributed by atoms with van der Waals surface area (Å²) in [6.45, 7) is 5.53. The van der Waals surface area contributed by atoms with E-state index in [1.807, 2.05) is 37.5 Å². The maximum atomic E-state index is 8.80. The van der Waals surface area contributed by atoms with Crippen molar-refractivity contribution in [1.29, 1.82) is 0 Å². The van der Waals surface area contributed by atoms with Crippen molar-refractivity contribution in [2.24, 2.45) is 7.05 Å². The molecule has 0 saturated carbocycles. The number of aryl methyl sites for hydroxylation is 2. The molecule has 0 aliphatic heterocycles. The second kappa shape index (κ2) is 5.81. The third-order valence-corrected chi connectivity index (χ3v) is 5.73. The highest BCUT2D eigenvalue weighted by atomic mass is 14.9. The Labute approximate surface area is 163 Å². The Hall–Kier alpha value is -2.41. The van der Waals surface area contributed by atoms with Crippen LogP contribution in [0.1, 0.15) is 61.3 Å². The fourth-order valence-corrected chi connectivity index (χ4v) is 4.58. The second-order valence-corrected chi connectivity index (χ2v) is 7.85. The Morgan fingerprint density at radius 1 is 1.00 bits per heavy atom. The smallest absolute Gasteiger partial charge is 0.201 e. The van der Waals surface area contributed by atoms with E-state index in [1.54, 1.807) is 0 Å². The predicted molar refractivity (Wildman–Crippen MR) is 109 cm³/mol. The summed E-state index contributed by atoms with van der Waals surface area (Å²) in [6, 6.07) is 16.2. The van der Waals surface area contributed by atoms with Crippen molar-refractivity contribution >= 4 is 0 Å². The van der Waals surface area contributed by atoms with E-state index in [0.29, 0.717) is 5.56 Å². The van der Waals surface area contributed by atoms with Crippen molar-refractivity contribution in [3.8, 4) is 22.4 Å². The minimum atomic E-state index is -2.42. The molecule has 0 bridgehead atoms. The Kier molecular flexibility index (Phi) is 2.87. The zero-order valence-corrected chi connectivity index (χ0v) is 16.1. The van der Waals surface area contributed by atoms with Crippen molar-refractivity contribution in [2.45, 2.75) is 45.9 Å². The number of nitrogens with zero attached hydrogens (tertiary/aromatic N) is 1. The lowest BCUT2D eigenvalue weighted by Gasteiger charge is -2.27. The van der Waals surface area contributed by atoms with Gasteiger partial charge in [-0.05, 0) is 52.3 Å². The van der Waals surface area contributed by atoms with Gasteiger partial charge in [-0.1, -0.05) is 58.0 Å². The number of hydrogen-bond acceptors (Lipinski definition) is 0. The van der Waals surface area contributed by atoms with Gasteiger partial charge in [-0.15, -0.1) is 0 Å². The summed E-state index contributed by atoms with van der Waals surface area (Å²) in [5, 5.41) is 0. The van der Waals surface area contributed by atoms with Gasteiger partial charge in [-0.2, -0.15) is 0 Å². The lowest BCUT2D eigenvalue weighted by molar-refractivity contribution is -0.660. The van der Waals surface area contributed by atoms with Crippen LogP contribution in [0.2, 0.25) is 0 Å². The predicted octanol–water partition coefficient (Wildman–Crippen LogP) is 5.92.